The predicted octanol–water partition coefficient (Wildman–Crippen LogP) is 5.34. The number of likely N-dealkylation sites (N-methyl/N-ethyl adjacent to an activating group) is 1. The fourth-order valence-electron chi connectivity index (χ4n) is 3.09. The van der Waals surface area contributed by atoms with Gasteiger partial charge in [-0.15, -0.1) is 0 Å². The summed E-state index contributed by atoms with van der Waals surface area (Å²) in [5.74, 6) is -0.622. The Bertz CT molecular complexity index is 1080. The number of carbonyl (C=O) groups excluding carboxylic acids is 1. The Morgan fingerprint density at radius 3 is 2.23 bits per heavy atom. The third-order valence-electron chi connectivity index (χ3n) is 4.93. The number of fused-ring (bicyclic) bond motifs is 1. The van der Waals surface area contributed by atoms with Crippen LogP contribution >= 0.6 is 11.6 Å². The van der Waals surface area contributed by atoms with Crippen LogP contribution in [0.15, 0.2) is 60.7 Å². The number of phenolic OH excluding ortho intramolecular Hbond substituents is 1. The molecule has 0 bridgehead atoms. The monoisotopic (exact) mass is 437 g/mol. The second kappa shape index (κ2) is 11.9. The van der Waals surface area contributed by atoms with Crippen LogP contribution in [0.5, 0.6) is 5.75 Å². The fourth-order valence-corrected chi connectivity index (χ4v) is 3.27. The van der Waals surface area contributed by atoms with Crippen LogP contribution in [0.25, 0.3) is 16.8 Å². The van der Waals surface area contributed by atoms with E-state index in [2.05, 4.69) is 55.2 Å². The number of aromatic hydroxyl groups is 1. The summed E-state index contributed by atoms with van der Waals surface area (Å²) in [4.78, 5) is 12.9. The molecule has 0 radical (unpaired) electrons. The third-order valence-corrected chi connectivity index (χ3v) is 5.24. The van der Waals surface area contributed by atoms with Gasteiger partial charge < -0.3 is 21.1 Å². The van der Waals surface area contributed by atoms with E-state index in [4.69, 9.17) is 27.9 Å². The smallest absolute Gasteiger partial charge is 0.248 e. The minimum atomic E-state index is -0.563. The number of hydrogen-bond donors (Lipinski definition) is 3. The van der Waals surface area contributed by atoms with E-state index in [-0.39, 0.29) is 16.3 Å². The molecule has 0 aliphatic carbocycles. The van der Waals surface area contributed by atoms with Crippen LogP contribution in [0, 0.1) is 5.41 Å². The first kappa shape index (κ1) is 24.1. The average molecular weight is 438 g/mol. The molecule has 0 fully saturated rings. The molecule has 0 spiro atoms. The van der Waals surface area contributed by atoms with Gasteiger partial charge in [-0.25, -0.2) is 0 Å². The first-order valence-corrected chi connectivity index (χ1v) is 10.5. The van der Waals surface area contributed by atoms with Crippen molar-refractivity contribution in [1.82, 2.24) is 4.90 Å². The zero-order chi connectivity index (χ0) is 22.8. The quantitative estimate of drug-likeness (QED) is 0.436. The van der Waals surface area contributed by atoms with E-state index in [1.54, 1.807) is 0 Å². The Hall–Kier alpha value is -3.15. The highest BCUT2D eigenvalue weighted by Gasteiger charge is 2.03. The molecule has 3 aromatic rings. The molecular weight excluding hydrogens is 410 g/mol. The van der Waals surface area contributed by atoms with Gasteiger partial charge in [0.25, 0.3) is 0 Å². The molecule has 4 N–H and O–H groups in total. The second-order valence-electron chi connectivity index (χ2n) is 6.85. The van der Waals surface area contributed by atoms with E-state index >= 15 is 0 Å². The lowest BCUT2D eigenvalue weighted by Gasteiger charge is -2.15. The third kappa shape index (κ3) is 6.67. The summed E-state index contributed by atoms with van der Waals surface area (Å²) in [7, 11) is 0. The molecule has 5 nitrogen and oxygen atoms in total. The second-order valence-corrected chi connectivity index (χ2v) is 7.26. The zero-order valence-electron chi connectivity index (χ0n) is 17.8. The van der Waals surface area contributed by atoms with E-state index in [0.717, 1.165) is 30.6 Å². The number of nitrogens with one attached hydrogen (secondary N) is 1. The van der Waals surface area contributed by atoms with Crippen LogP contribution in [0.1, 0.15) is 35.3 Å². The first-order valence-electron chi connectivity index (χ1n) is 10.1. The minimum absolute atomic E-state index is 0.0586. The number of primary amides is 1. The van der Waals surface area contributed by atoms with Crippen LogP contribution in [0.4, 0.5) is 0 Å². The van der Waals surface area contributed by atoms with Gasteiger partial charge in [-0.2, -0.15) is 0 Å². The summed E-state index contributed by atoms with van der Waals surface area (Å²) >= 11 is 5.50. The lowest BCUT2D eigenvalue weighted by molar-refractivity contribution is 0.100. The number of halogens is 1. The molecule has 0 aromatic heterocycles. The van der Waals surface area contributed by atoms with Gasteiger partial charge in [0.2, 0.25) is 5.91 Å². The number of hydrogen-bond acceptors (Lipinski definition) is 4. The molecule has 31 heavy (non-hydrogen) atoms. The van der Waals surface area contributed by atoms with E-state index in [9.17, 15) is 4.79 Å². The predicted molar refractivity (Wildman–Crippen MR) is 130 cm³/mol. The molecule has 162 valence electrons. The molecule has 0 aliphatic heterocycles. The molecule has 0 atom stereocenters. The average Bonchev–Trinajstić information content (AvgIpc) is 2.79. The van der Waals surface area contributed by atoms with Gasteiger partial charge in [-0.05, 0) is 53.2 Å². The number of nitrogens with two attached hydrogens (primary N) is 1. The molecular formula is C25H28ClN3O2. The highest BCUT2D eigenvalue weighted by molar-refractivity contribution is 6.32. The topological polar surface area (TPSA) is 90.4 Å². The summed E-state index contributed by atoms with van der Waals surface area (Å²) in [6, 6.07) is 16.5. The number of nitrogens with zero attached hydrogens (tertiary/aromatic N) is 1. The van der Waals surface area contributed by atoms with Crippen molar-refractivity contribution in [2.24, 2.45) is 5.73 Å². The van der Waals surface area contributed by atoms with Crippen molar-refractivity contribution >= 4 is 40.6 Å². The molecule has 0 heterocycles. The van der Waals surface area contributed by atoms with Crippen LogP contribution in [-0.2, 0) is 0 Å². The lowest BCUT2D eigenvalue weighted by atomic mass is 10.00. The van der Waals surface area contributed by atoms with Gasteiger partial charge in [-0.3, -0.25) is 4.79 Å². The van der Waals surface area contributed by atoms with Crippen molar-refractivity contribution in [3.63, 3.8) is 0 Å². The van der Waals surface area contributed by atoms with E-state index in [1.807, 2.05) is 12.1 Å². The fraction of sp³-hybridized carbons (Fsp3) is 0.200. The first-order chi connectivity index (χ1) is 14.9. The summed E-state index contributed by atoms with van der Waals surface area (Å²) in [5, 5.41) is 18.9. The molecule has 3 aromatic carbocycles. The number of rotatable bonds is 7. The highest BCUT2D eigenvalue weighted by Crippen LogP contribution is 2.24. The highest BCUT2D eigenvalue weighted by atomic mass is 35.5. The van der Waals surface area contributed by atoms with Gasteiger partial charge in [0.15, 0.2) is 0 Å². The Morgan fingerprint density at radius 2 is 1.68 bits per heavy atom. The van der Waals surface area contributed by atoms with Gasteiger partial charge >= 0.3 is 0 Å². The number of carbonyl (C=O) groups is 1. The van der Waals surface area contributed by atoms with Crippen molar-refractivity contribution < 1.29 is 9.90 Å². The summed E-state index contributed by atoms with van der Waals surface area (Å²) < 4.78 is 0. The number of benzene rings is 3. The van der Waals surface area contributed by atoms with Gasteiger partial charge in [0.1, 0.15) is 5.75 Å². The van der Waals surface area contributed by atoms with E-state index in [1.165, 1.54) is 35.4 Å². The molecule has 0 aliphatic rings. The molecule has 1 amide bonds. The van der Waals surface area contributed by atoms with Crippen molar-refractivity contribution in [2.75, 3.05) is 19.6 Å². The van der Waals surface area contributed by atoms with Gasteiger partial charge in [-0.1, -0.05) is 74.0 Å². The Labute approximate surface area is 188 Å². The molecule has 0 saturated heterocycles. The van der Waals surface area contributed by atoms with Crippen molar-refractivity contribution in [2.45, 2.75) is 13.8 Å². The molecule has 0 saturated carbocycles. The normalized spacial score (nSPS) is 10.8. The van der Waals surface area contributed by atoms with Gasteiger partial charge in [0.05, 0.1) is 5.02 Å². The SMILES string of the molecule is CCN(CC)C/C=C/c1ccc(C=N)c2ccccc12.NC(=O)c1ccc(O)c(Cl)c1. The number of phenols is 1. The largest absolute Gasteiger partial charge is 0.506 e. The molecule has 0 unspecified atom stereocenters. The van der Waals surface area contributed by atoms with E-state index in [0.29, 0.717) is 0 Å². The minimum Gasteiger partial charge on any atom is -0.506 e. The lowest BCUT2D eigenvalue weighted by Crippen LogP contribution is -2.22. The maximum atomic E-state index is 10.5. The van der Waals surface area contributed by atoms with Crippen LogP contribution in [0.3, 0.4) is 0 Å². The van der Waals surface area contributed by atoms with Crippen LogP contribution < -0.4 is 5.73 Å². The standard InChI is InChI=1S/C18H22N2.C7H6ClNO2/c1-3-20(4-2)13-7-8-15-11-12-16(14-19)18-10-6-5-9-17(15)18;8-5-3-4(7(9)11)1-2-6(5)10/h5-12,14,19H,3-4,13H2,1-2H3;1-3,10H,(H2,9,11)/b8-7+,19-14?;. The van der Waals surface area contributed by atoms with Crippen molar-refractivity contribution in [1.29, 1.82) is 5.41 Å². The van der Waals surface area contributed by atoms with Crippen molar-refractivity contribution in [3.8, 4) is 5.75 Å². The van der Waals surface area contributed by atoms with Crippen LogP contribution in [0.2, 0.25) is 5.02 Å². The maximum Gasteiger partial charge on any atom is 0.248 e. The van der Waals surface area contributed by atoms with Gasteiger partial charge in [0, 0.05) is 18.3 Å². The van der Waals surface area contributed by atoms with E-state index < -0.39 is 5.91 Å². The van der Waals surface area contributed by atoms with Crippen molar-refractivity contribution in [3.05, 3.63) is 82.4 Å². The summed E-state index contributed by atoms with van der Waals surface area (Å²) in [6.07, 6.45) is 5.83. The Morgan fingerprint density at radius 1 is 1.06 bits per heavy atom. The number of amides is 1. The molecule has 3 rings (SSSR count). The molecule has 6 heteroatoms. The Kier molecular flexibility index (Phi) is 9.25. The maximum absolute atomic E-state index is 10.5. The Balaban J connectivity index is 0.000000262. The zero-order valence-corrected chi connectivity index (χ0v) is 18.6. The van der Waals surface area contributed by atoms with Crippen LogP contribution in [-0.4, -0.2) is 41.8 Å². The summed E-state index contributed by atoms with van der Waals surface area (Å²) in [5.41, 5.74) is 7.43. The summed E-state index contributed by atoms with van der Waals surface area (Å²) in [6.45, 7) is 7.51.